The summed E-state index contributed by atoms with van der Waals surface area (Å²) in [6, 6.07) is 1.63. The van der Waals surface area contributed by atoms with Crippen molar-refractivity contribution in [1.82, 2.24) is 14.7 Å². The first kappa shape index (κ1) is 9.57. The first-order valence-corrected chi connectivity index (χ1v) is 4.15. The lowest BCUT2D eigenvalue weighted by Crippen LogP contribution is -2.28. The minimum absolute atomic E-state index is 0.143. The molecule has 1 aromatic heterocycles. The van der Waals surface area contributed by atoms with E-state index in [0.717, 1.165) is 12.4 Å². The summed E-state index contributed by atoms with van der Waals surface area (Å²) in [4.78, 5) is 12.7. The van der Waals surface area contributed by atoms with Crippen LogP contribution in [0.5, 0.6) is 0 Å². The van der Waals surface area contributed by atoms with Gasteiger partial charge >= 0.3 is 6.03 Å². The van der Waals surface area contributed by atoms with Crippen molar-refractivity contribution in [3.8, 4) is 0 Å². The number of nitrogens with one attached hydrogen (secondary N) is 1. The first-order chi connectivity index (χ1) is 6.15. The second kappa shape index (κ2) is 3.93. The standard InChI is InChI=1S/C8H14N4O/c1-4-12-7(5-6-9-12)10-8(13)11(2)3/h5-6H,4H2,1-3H3,(H,10,13). The van der Waals surface area contributed by atoms with Gasteiger partial charge in [0.1, 0.15) is 5.82 Å². The van der Waals surface area contributed by atoms with Gasteiger partial charge in [-0.3, -0.25) is 5.32 Å². The topological polar surface area (TPSA) is 50.2 Å². The van der Waals surface area contributed by atoms with E-state index >= 15 is 0 Å². The number of amides is 2. The lowest BCUT2D eigenvalue weighted by atomic mass is 10.6. The van der Waals surface area contributed by atoms with Gasteiger partial charge in [-0.15, -0.1) is 0 Å². The molecule has 0 aliphatic heterocycles. The molecule has 5 nitrogen and oxygen atoms in total. The Morgan fingerprint density at radius 3 is 2.92 bits per heavy atom. The van der Waals surface area contributed by atoms with E-state index < -0.39 is 0 Å². The van der Waals surface area contributed by atoms with Crippen LogP contribution in [-0.2, 0) is 6.54 Å². The molecule has 2 amide bonds. The highest BCUT2D eigenvalue weighted by Crippen LogP contribution is 2.05. The Morgan fingerprint density at radius 2 is 2.38 bits per heavy atom. The second-order valence-corrected chi connectivity index (χ2v) is 2.86. The Hall–Kier alpha value is -1.52. The highest BCUT2D eigenvalue weighted by molar-refractivity contribution is 5.87. The number of carbonyl (C=O) groups excluding carboxylic acids is 1. The average Bonchev–Trinajstić information content (AvgIpc) is 2.51. The zero-order chi connectivity index (χ0) is 9.84. The monoisotopic (exact) mass is 182 g/mol. The number of anilines is 1. The molecule has 0 saturated heterocycles. The molecule has 0 unspecified atom stereocenters. The van der Waals surface area contributed by atoms with Crippen LogP contribution >= 0.6 is 0 Å². The minimum Gasteiger partial charge on any atom is -0.331 e. The number of hydrogen-bond donors (Lipinski definition) is 1. The molecule has 0 bridgehead atoms. The highest BCUT2D eigenvalue weighted by Gasteiger charge is 2.06. The lowest BCUT2D eigenvalue weighted by Gasteiger charge is -2.12. The van der Waals surface area contributed by atoms with Crippen molar-refractivity contribution in [3.63, 3.8) is 0 Å². The molecule has 1 N–H and O–H groups in total. The van der Waals surface area contributed by atoms with E-state index in [1.165, 1.54) is 4.90 Å². The molecule has 0 fully saturated rings. The average molecular weight is 182 g/mol. The Morgan fingerprint density at radius 1 is 1.69 bits per heavy atom. The van der Waals surface area contributed by atoms with Crippen LogP contribution in [0.1, 0.15) is 6.92 Å². The van der Waals surface area contributed by atoms with Gasteiger partial charge in [-0.1, -0.05) is 0 Å². The summed E-state index contributed by atoms with van der Waals surface area (Å²) in [6.07, 6.45) is 1.66. The largest absolute Gasteiger partial charge is 0.331 e. The van der Waals surface area contributed by atoms with E-state index in [0.29, 0.717) is 0 Å². The zero-order valence-electron chi connectivity index (χ0n) is 8.11. The third kappa shape index (κ3) is 2.21. The van der Waals surface area contributed by atoms with Crippen molar-refractivity contribution in [2.45, 2.75) is 13.5 Å². The first-order valence-electron chi connectivity index (χ1n) is 4.15. The summed E-state index contributed by atoms with van der Waals surface area (Å²) < 4.78 is 1.72. The summed E-state index contributed by atoms with van der Waals surface area (Å²) in [5.41, 5.74) is 0. The number of aromatic nitrogens is 2. The van der Waals surface area contributed by atoms with Crippen molar-refractivity contribution in [3.05, 3.63) is 12.3 Å². The Bertz CT molecular complexity index is 292. The normalized spacial score (nSPS) is 9.77. The van der Waals surface area contributed by atoms with E-state index in [2.05, 4.69) is 10.4 Å². The Balaban J connectivity index is 2.68. The van der Waals surface area contributed by atoms with Gasteiger partial charge in [0.15, 0.2) is 0 Å². The molecule has 1 rings (SSSR count). The molecular weight excluding hydrogens is 168 g/mol. The fourth-order valence-corrected chi connectivity index (χ4v) is 0.912. The van der Waals surface area contributed by atoms with Crippen LogP contribution in [0.25, 0.3) is 0 Å². The molecule has 0 saturated carbocycles. The molecule has 0 spiro atoms. The van der Waals surface area contributed by atoms with Gasteiger partial charge in [0.2, 0.25) is 0 Å². The van der Waals surface area contributed by atoms with Crippen LogP contribution in [0, 0.1) is 0 Å². The summed E-state index contributed by atoms with van der Waals surface area (Å²) in [6.45, 7) is 2.72. The molecule has 13 heavy (non-hydrogen) atoms. The van der Waals surface area contributed by atoms with Crippen LogP contribution in [0.3, 0.4) is 0 Å². The smallest absolute Gasteiger partial charge is 0.322 e. The molecule has 1 heterocycles. The number of hydrogen-bond acceptors (Lipinski definition) is 2. The molecular formula is C8H14N4O. The third-order valence-electron chi connectivity index (χ3n) is 1.66. The molecule has 0 aliphatic rings. The number of nitrogens with zero attached hydrogens (tertiary/aromatic N) is 3. The number of urea groups is 1. The van der Waals surface area contributed by atoms with E-state index in [9.17, 15) is 4.79 Å². The Labute approximate surface area is 77.3 Å². The van der Waals surface area contributed by atoms with E-state index in [1.807, 2.05) is 6.92 Å². The predicted molar refractivity (Wildman–Crippen MR) is 50.6 cm³/mol. The molecule has 72 valence electrons. The van der Waals surface area contributed by atoms with Gasteiger partial charge in [0, 0.05) is 26.7 Å². The maximum absolute atomic E-state index is 11.3. The van der Waals surface area contributed by atoms with Gasteiger partial charge in [0.25, 0.3) is 0 Å². The number of rotatable bonds is 2. The van der Waals surface area contributed by atoms with Gasteiger partial charge < -0.3 is 4.90 Å². The van der Waals surface area contributed by atoms with E-state index in [1.54, 1.807) is 31.0 Å². The fourth-order valence-electron chi connectivity index (χ4n) is 0.912. The SMILES string of the molecule is CCn1nccc1NC(=O)N(C)C. The summed E-state index contributed by atoms with van der Waals surface area (Å²) >= 11 is 0. The van der Waals surface area contributed by atoms with Crippen molar-refractivity contribution in [1.29, 1.82) is 0 Å². The van der Waals surface area contributed by atoms with Crippen LogP contribution in [0.15, 0.2) is 12.3 Å². The summed E-state index contributed by atoms with van der Waals surface area (Å²) in [7, 11) is 3.39. The van der Waals surface area contributed by atoms with Crippen LogP contribution < -0.4 is 5.32 Å². The van der Waals surface area contributed by atoms with E-state index in [4.69, 9.17) is 0 Å². The minimum atomic E-state index is -0.143. The van der Waals surface area contributed by atoms with Crippen molar-refractivity contribution in [2.75, 3.05) is 19.4 Å². The highest BCUT2D eigenvalue weighted by atomic mass is 16.2. The van der Waals surface area contributed by atoms with Crippen molar-refractivity contribution < 1.29 is 4.79 Å². The van der Waals surface area contributed by atoms with Crippen LogP contribution in [-0.4, -0.2) is 34.8 Å². The summed E-state index contributed by atoms with van der Waals surface area (Å²) in [5.74, 6) is 0.723. The lowest BCUT2D eigenvalue weighted by molar-refractivity contribution is 0.230. The molecule has 5 heteroatoms. The van der Waals surface area contributed by atoms with Crippen LogP contribution in [0.4, 0.5) is 10.6 Å². The van der Waals surface area contributed by atoms with Gasteiger partial charge in [-0.05, 0) is 6.92 Å². The third-order valence-corrected chi connectivity index (χ3v) is 1.66. The maximum atomic E-state index is 11.3. The number of carbonyl (C=O) groups is 1. The predicted octanol–water partition coefficient (Wildman–Crippen LogP) is 0.996. The van der Waals surface area contributed by atoms with Gasteiger partial charge in [-0.25, -0.2) is 9.48 Å². The molecule has 0 aromatic carbocycles. The fraction of sp³-hybridized carbons (Fsp3) is 0.500. The molecule has 0 atom stereocenters. The van der Waals surface area contributed by atoms with Crippen molar-refractivity contribution >= 4 is 11.8 Å². The maximum Gasteiger partial charge on any atom is 0.322 e. The molecule has 0 radical (unpaired) electrons. The van der Waals surface area contributed by atoms with Crippen LogP contribution in [0.2, 0.25) is 0 Å². The van der Waals surface area contributed by atoms with Gasteiger partial charge in [0.05, 0.1) is 6.20 Å². The molecule has 0 aliphatic carbocycles. The quantitative estimate of drug-likeness (QED) is 0.741. The Kier molecular flexibility index (Phi) is 2.89. The molecule has 1 aromatic rings. The van der Waals surface area contributed by atoms with Gasteiger partial charge in [-0.2, -0.15) is 5.10 Å². The number of aryl methyl sites for hydroxylation is 1. The zero-order valence-corrected chi connectivity index (χ0v) is 8.11. The second-order valence-electron chi connectivity index (χ2n) is 2.86. The van der Waals surface area contributed by atoms with E-state index in [-0.39, 0.29) is 6.03 Å². The summed E-state index contributed by atoms with van der Waals surface area (Å²) in [5, 5.41) is 6.76. The van der Waals surface area contributed by atoms with Crippen molar-refractivity contribution in [2.24, 2.45) is 0 Å².